The number of carbonyl (C=O) groups is 1. The number of benzene rings is 1. The maximum Gasteiger partial charge on any atom is 0.241 e. The zero-order valence-electron chi connectivity index (χ0n) is 13.7. The van der Waals surface area contributed by atoms with E-state index >= 15 is 0 Å². The van der Waals surface area contributed by atoms with Crippen LogP contribution < -0.4 is 10.0 Å². The molecule has 0 aliphatic rings. The molecule has 0 bridgehead atoms. The number of hydrogen-bond donors (Lipinski definition) is 2. The number of aryl methyl sites for hydroxylation is 1. The summed E-state index contributed by atoms with van der Waals surface area (Å²) in [5.41, 5.74) is 0.983. The number of nitrogens with one attached hydrogen (secondary N) is 2. The van der Waals surface area contributed by atoms with Crippen LogP contribution in [0.5, 0.6) is 0 Å². The van der Waals surface area contributed by atoms with Crippen molar-refractivity contribution >= 4 is 15.9 Å². The van der Waals surface area contributed by atoms with Crippen molar-refractivity contribution in [1.29, 1.82) is 0 Å². The number of amides is 1. The molecule has 124 valence electrons. The minimum Gasteiger partial charge on any atom is -0.355 e. The maximum atomic E-state index is 12.4. The molecule has 0 spiro atoms. The average Bonchev–Trinajstić information content (AvgIpc) is 2.45. The van der Waals surface area contributed by atoms with Crippen molar-refractivity contribution in [2.75, 3.05) is 6.54 Å². The predicted molar refractivity (Wildman–Crippen MR) is 88.0 cm³/mol. The molecule has 0 saturated heterocycles. The van der Waals surface area contributed by atoms with E-state index in [4.69, 9.17) is 0 Å². The standard InChI is InChI=1S/C16H26N2O3S/c1-5-6-11-17-16(19)15(12(2)3)18-22(20,21)14-9-7-13(4)8-10-14/h7-10,12,15,18H,5-6,11H2,1-4H3,(H,17,19)/t15-/m1/s1. The molecule has 0 radical (unpaired) electrons. The third-order valence-electron chi connectivity index (χ3n) is 3.39. The summed E-state index contributed by atoms with van der Waals surface area (Å²) < 4.78 is 27.3. The summed E-state index contributed by atoms with van der Waals surface area (Å²) >= 11 is 0. The van der Waals surface area contributed by atoms with Crippen molar-refractivity contribution in [3.8, 4) is 0 Å². The second-order valence-electron chi connectivity index (χ2n) is 5.80. The Labute approximate surface area is 133 Å². The van der Waals surface area contributed by atoms with E-state index in [-0.39, 0.29) is 16.7 Å². The van der Waals surface area contributed by atoms with Crippen molar-refractivity contribution in [3.63, 3.8) is 0 Å². The smallest absolute Gasteiger partial charge is 0.241 e. The summed E-state index contributed by atoms with van der Waals surface area (Å²) in [5.74, 6) is -0.416. The lowest BCUT2D eigenvalue weighted by Crippen LogP contribution is -2.49. The van der Waals surface area contributed by atoms with Crippen molar-refractivity contribution in [1.82, 2.24) is 10.0 Å². The molecular weight excluding hydrogens is 300 g/mol. The lowest BCUT2D eigenvalue weighted by molar-refractivity contribution is -0.123. The minimum absolute atomic E-state index is 0.137. The first kappa shape index (κ1) is 18.6. The van der Waals surface area contributed by atoms with Crippen LogP contribution in [-0.2, 0) is 14.8 Å². The first-order valence-corrected chi connectivity index (χ1v) is 9.13. The molecule has 0 aromatic heterocycles. The van der Waals surface area contributed by atoms with Crippen LogP contribution in [-0.4, -0.2) is 26.9 Å². The molecule has 6 heteroatoms. The van der Waals surface area contributed by atoms with E-state index in [9.17, 15) is 13.2 Å². The van der Waals surface area contributed by atoms with Crippen LogP contribution in [0.2, 0.25) is 0 Å². The average molecular weight is 326 g/mol. The zero-order valence-corrected chi connectivity index (χ0v) is 14.5. The van der Waals surface area contributed by atoms with E-state index in [0.29, 0.717) is 6.54 Å². The molecule has 0 aliphatic carbocycles. The van der Waals surface area contributed by atoms with Crippen molar-refractivity contribution in [2.45, 2.75) is 51.5 Å². The Kier molecular flexibility index (Phi) is 7.03. The molecule has 0 aliphatic heterocycles. The van der Waals surface area contributed by atoms with Gasteiger partial charge in [-0.1, -0.05) is 44.9 Å². The van der Waals surface area contributed by atoms with Crippen LogP contribution in [0.1, 0.15) is 39.2 Å². The van der Waals surface area contributed by atoms with E-state index in [2.05, 4.69) is 10.0 Å². The van der Waals surface area contributed by atoms with Crippen LogP contribution in [0.25, 0.3) is 0 Å². The highest BCUT2D eigenvalue weighted by atomic mass is 32.2. The van der Waals surface area contributed by atoms with Crippen LogP contribution in [0.3, 0.4) is 0 Å². The number of carbonyl (C=O) groups excluding carboxylic acids is 1. The van der Waals surface area contributed by atoms with E-state index < -0.39 is 16.1 Å². The Morgan fingerprint density at radius 3 is 2.27 bits per heavy atom. The quantitative estimate of drug-likeness (QED) is 0.719. The van der Waals surface area contributed by atoms with Gasteiger partial charge in [0.15, 0.2) is 0 Å². The molecule has 5 nitrogen and oxygen atoms in total. The van der Waals surface area contributed by atoms with Crippen LogP contribution in [0.4, 0.5) is 0 Å². The third kappa shape index (κ3) is 5.42. The molecule has 0 unspecified atom stereocenters. The highest BCUT2D eigenvalue weighted by Crippen LogP contribution is 2.13. The predicted octanol–water partition coefficient (Wildman–Crippen LogP) is 2.21. The maximum absolute atomic E-state index is 12.4. The molecule has 0 heterocycles. The highest BCUT2D eigenvalue weighted by molar-refractivity contribution is 7.89. The number of hydrogen-bond acceptors (Lipinski definition) is 3. The molecular formula is C16H26N2O3S. The Morgan fingerprint density at radius 1 is 1.18 bits per heavy atom. The molecule has 1 atom stereocenters. The van der Waals surface area contributed by atoms with Crippen molar-refractivity contribution in [2.24, 2.45) is 5.92 Å². The summed E-state index contributed by atoms with van der Waals surface area (Å²) in [6, 6.07) is 5.79. The van der Waals surface area contributed by atoms with Gasteiger partial charge in [0.05, 0.1) is 4.90 Å². The molecule has 22 heavy (non-hydrogen) atoms. The van der Waals surface area contributed by atoms with Gasteiger partial charge < -0.3 is 5.32 Å². The van der Waals surface area contributed by atoms with Crippen molar-refractivity contribution in [3.05, 3.63) is 29.8 Å². The second-order valence-corrected chi connectivity index (χ2v) is 7.51. The summed E-state index contributed by atoms with van der Waals surface area (Å²) in [6.07, 6.45) is 1.85. The van der Waals surface area contributed by atoms with E-state index in [1.54, 1.807) is 24.3 Å². The molecule has 0 saturated carbocycles. The van der Waals surface area contributed by atoms with Crippen LogP contribution in [0.15, 0.2) is 29.2 Å². The Bertz CT molecular complexity index is 580. The van der Waals surface area contributed by atoms with Gasteiger partial charge in [-0.15, -0.1) is 0 Å². The molecule has 1 aromatic rings. The zero-order chi connectivity index (χ0) is 16.8. The summed E-state index contributed by atoms with van der Waals surface area (Å²) in [7, 11) is -3.71. The van der Waals surface area contributed by atoms with Crippen LogP contribution >= 0.6 is 0 Å². The van der Waals surface area contributed by atoms with E-state index in [1.807, 2.05) is 27.7 Å². The molecule has 1 rings (SSSR count). The number of sulfonamides is 1. The minimum atomic E-state index is -3.71. The van der Waals surface area contributed by atoms with Crippen LogP contribution in [0, 0.1) is 12.8 Å². The number of unbranched alkanes of at least 4 members (excludes halogenated alkanes) is 1. The summed E-state index contributed by atoms with van der Waals surface area (Å²) in [5, 5.41) is 2.78. The van der Waals surface area contributed by atoms with Gasteiger partial charge in [-0.05, 0) is 31.4 Å². The lowest BCUT2D eigenvalue weighted by atomic mass is 10.1. The SMILES string of the molecule is CCCCNC(=O)[C@H](NS(=O)(=O)c1ccc(C)cc1)C(C)C. The van der Waals surface area contributed by atoms with Gasteiger partial charge in [-0.2, -0.15) is 4.72 Å². The first-order chi connectivity index (χ1) is 10.3. The lowest BCUT2D eigenvalue weighted by Gasteiger charge is -2.21. The Balaban J connectivity index is 2.85. The molecule has 1 aromatic carbocycles. The number of rotatable bonds is 8. The molecule has 1 amide bonds. The third-order valence-corrected chi connectivity index (χ3v) is 4.85. The normalized spacial score (nSPS) is 13.1. The Hall–Kier alpha value is -1.40. The highest BCUT2D eigenvalue weighted by Gasteiger charge is 2.27. The van der Waals surface area contributed by atoms with Gasteiger partial charge in [0.25, 0.3) is 0 Å². The fourth-order valence-corrected chi connectivity index (χ4v) is 3.29. The van der Waals surface area contributed by atoms with Gasteiger partial charge in [-0.25, -0.2) is 8.42 Å². The van der Waals surface area contributed by atoms with Gasteiger partial charge >= 0.3 is 0 Å². The second kappa shape index (κ2) is 8.29. The van der Waals surface area contributed by atoms with E-state index in [1.165, 1.54) is 0 Å². The topological polar surface area (TPSA) is 75.3 Å². The largest absolute Gasteiger partial charge is 0.355 e. The van der Waals surface area contributed by atoms with E-state index in [0.717, 1.165) is 18.4 Å². The summed E-state index contributed by atoms with van der Waals surface area (Å²) in [4.78, 5) is 12.4. The van der Waals surface area contributed by atoms with Gasteiger partial charge in [0, 0.05) is 6.54 Å². The van der Waals surface area contributed by atoms with Gasteiger partial charge in [0.2, 0.25) is 15.9 Å². The first-order valence-electron chi connectivity index (χ1n) is 7.64. The monoisotopic (exact) mass is 326 g/mol. The Morgan fingerprint density at radius 2 is 1.77 bits per heavy atom. The molecule has 2 N–H and O–H groups in total. The molecule has 0 fully saturated rings. The fourth-order valence-electron chi connectivity index (χ4n) is 1.94. The van der Waals surface area contributed by atoms with Gasteiger partial charge in [-0.3, -0.25) is 4.79 Å². The van der Waals surface area contributed by atoms with Crippen molar-refractivity contribution < 1.29 is 13.2 Å². The summed E-state index contributed by atoms with van der Waals surface area (Å²) in [6.45, 7) is 8.13. The fraction of sp³-hybridized carbons (Fsp3) is 0.562. The van der Waals surface area contributed by atoms with Gasteiger partial charge in [0.1, 0.15) is 6.04 Å².